The molecule has 0 aliphatic rings. The van der Waals surface area contributed by atoms with Gasteiger partial charge in [0.25, 0.3) is 0 Å². The third-order valence-electron chi connectivity index (χ3n) is 3.20. The molecule has 0 aliphatic heterocycles. The minimum Gasteiger partial charge on any atom is -0.445 e. The normalized spacial score (nSPS) is 12.9. The van der Waals surface area contributed by atoms with Gasteiger partial charge in [0.05, 0.1) is 6.04 Å². The molecule has 2 atom stereocenters. The standard InChI is InChI=1S/C16H23N3O5/c1-11(2)14(15(19(22)10-17)24-12(3)20)18-16(21)23-9-13-7-5-4-6-8-13/h4-8,10-11,14-15,17,22H,9H2,1-3H3,(H,18,21). The molecule has 1 aromatic rings. The van der Waals surface area contributed by atoms with E-state index in [1.54, 1.807) is 13.8 Å². The second kappa shape index (κ2) is 9.51. The van der Waals surface area contributed by atoms with Gasteiger partial charge in [0.2, 0.25) is 6.23 Å². The molecule has 0 heterocycles. The number of ether oxygens (including phenoxy) is 2. The highest BCUT2D eigenvalue weighted by Crippen LogP contribution is 2.13. The van der Waals surface area contributed by atoms with Gasteiger partial charge in [0.1, 0.15) is 12.9 Å². The van der Waals surface area contributed by atoms with Gasteiger partial charge in [-0.05, 0) is 11.5 Å². The SMILES string of the molecule is CC(=O)OC(C(NC(=O)OCc1ccccc1)C(C)C)N(O)C=N. The summed E-state index contributed by atoms with van der Waals surface area (Å²) >= 11 is 0. The van der Waals surface area contributed by atoms with Crippen molar-refractivity contribution >= 4 is 18.4 Å². The lowest BCUT2D eigenvalue weighted by Gasteiger charge is -2.33. The number of nitrogens with one attached hydrogen (secondary N) is 2. The van der Waals surface area contributed by atoms with Crippen LogP contribution in [0.15, 0.2) is 30.3 Å². The van der Waals surface area contributed by atoms with Crippen LogP contribution in [-0.4, -0.2) is 40.9 Å². The molecule has 132 valence electrons. The number of carbonyl (C=O) groups excluding carboxylic acids is 2. The minimum atomic E-state index is -1.23. The van der Waals surface area contributed by atoms with E-state index in [2.05, 4.69) is 5.32 Å². The van der Waals surface area contributed by atoms with Gasteiger partial charge in [-0.3, -0.25) is 15.4 Å². The van der Waals surface area contributed by atoms with Gasteiger partial charge in [-0.15, -0.1) is 0 Å². The van der Waals surface area contributed by atoms with E-state index in [4.69, 9.17) is 14.9 Å². The Labute approximate surface area is 140 Å². The van der Waals surface area contributed by atoms with Gasteiger partial charge in [0, 0.05) is 6.92 Å². The van der Waals surface area contributed by atoms with E-state index in [-0.39, 0.29) is 12.5 Å². The Hall–Kier alpha value is -2.61. The largest absolute Gasteiger partial charge is 0.445 e. The summed E-state index contributed by atoms with van der Waals surface area (Å²) < 4.78 is 10.1. The van der Waals surface area contributed by atoms with Crippen molar-refractivity contribution in [2.45, 2.75) is 39.6 Å². The summed E-state index contributed by atoms with van der Waals surface area (Å²) in [5, 5.41) is 19.8. The molecule has 0 bridgehead atoms. The molecule has 0 aliphatic carbocycles. The van der Waals surface area contributed by atoms with Crippen molar-refractivity contribution in [3.05, 3.63) is 35.9 Å². The van der Waals surface area contributed by atoms with Gasteiger partial charge in [0.15, 0.2) is 0 Å². The second-order valence-electron chi connectivity index (χ2n) is 5.48. The molecular weight excluding hydrogens is 314 g/mol. The summed E-state index contributed by atoms with van der Waals surface area (Å²) in [7, 11) is 0. The van der Waals surface area contributed by atoms with Crippen molar-refractivity contribution in [1.29, 1.82) is 5.41 Å². The monoisotopic (exact) mass is 337 g/mol. The fraction of sp³-hybridized carbons (Fsp3) is 0.438. The Kier molecular flexibility index (Phi) is 7.70. The molecule has 1 aromatic carbocycles. The molecule has 8 heteroatoms. The van der Waals surface area contributed by atoms with Crippen LogP contribution in [0.2, 0.25) is 0 Å². The Bertz CT molecular complexity index is 550. The number of rotatable bonds is 8. The number of nitrogens with zero attached hydrogens (tertiary/aromatic N) is 1. The first kappa shape index (κ1) is 19.4. The van der Waals surface area contributed by atoms with Crippen molar-refractivity contribution in [2.75, 3.05) is 0 Å². The van der Waals surface area contributed by atoms with Crippen LogP contribution in [0.5, 0.6) is 0 Å². The maximum absolute atomic E-state index is 12.0. The number of hydroxylamine groups is 2. The molecule has 0 saturated heterocycles. The minimum absolute atomic E-state index is 0.0864. The van der Waals surface area contributed by atoms with Gasteiger partial charge < -0.3 is 14.8 Å². The number of hydrogen-bond acceptors (Lipinski definition) is 6. The summed E-state index contributed by atoms with van der Waals surface area (Å²) in [6.07, 6.45) is -1.35. The van der Waals surface area contributed by atoms with Crippen molar-refractivity contribution < 1.29 is 24.3 Å². The zero-order valence-electron chi connectivity index (χ0n) is 13.9. The summed E-state index contributed by atoms with van der Waals surface area (Å²) in [6.45, 7) is 4.81. The summed E-state index contributed by atoms with van der Waals surface area (Å²) in [4.78, 5) is 23.2. The molecule has 1 amide bonds. The van der Waals surface area contributed by atoms with Gasteiger partial charge in [-0.1, -0.05) is 44.2 Å². The Morgan fingerprint density at radius 1 is 1.33 bits per heavy atom. The molecule has 2 unspecified atom stereocenters. The van der Waals surface area contributed by atoms with E-state index >= 15 is 0 Å². The van der Waals surface area contributed by atoms with Crippen molar-refractivity contribution in [3.8, 4) is 0 Å². The van der Waals surface area contributed by atoms with E-state index in [9.17, 15) is 14.8 Å². The zero-order chi connectivity index (χ0) is 18.1. The maximum Gasteiger partial charge on any atom is 0.407 e. The van der Waals surface area contributed by atoms with E-state index in [0.29, 0.717) is 11.4 Å². The predicted molar refractivity (Wildman–Crippen MR) is 86.4 cm³/mol. The van der Waals surface area contributed by atoms with Crippen LogP contribution in [0.3, 0.4) is 0 Å². The van der Waals surface area contributed by atoms with E-state index in [1.165, 1.54) is 6.92 Å². The summed E-state index contributed by atoms with van der Waals surface area (Å²) in [6, 6.07) is 8.38. The van der Waals surface area contributed by atoms with Crippen LogP contribution in [0, 0.1) is 11.3 Å². The Morgan fingerprint density at radius 2 is 1.96 bits per heavy atom. The average molecular weight is 337 g/mol. The van der Waals surface area contributed by atoms with Gasteiger partial charge in [-0.25, -0.2) is 9.86 Å². The van der Waals surface area contributed by atoms with Crippen LogP contribution in [-0.2, 0) is 20.9 Å². The number of alkyl carbamates (subject to hydrolysis) is 1. The smallest absolute Gasteiger partial charge is 0.407 e. The van der Waals surface area contributed by atoms with Crippen LogP contribution >= 0.6 is 0 Å². The second-order valence-corrected chi connectivity index (χ2v) is 5.48. The topological polar surface area (TPSA) is 112 Å². The van der Waals surface area contributed by atoms with Gasteiger partial charge >= 0.3 is 12.1 Å². The first-order valence-electron chi connectivity index (χ1n) is 7.47. The number of amides is 1. The number of benzene rings is 1. The van der Waals surface area contributed by atoms with Crippen LogP contribution < -0.4 is 5.32 Å². The third kappa shape index (κ3) is 6.25. The lowest BCUT2D eigenvalue weighted by atomic mass is 10.0. The highest BCUT2D eigenvalue weighted by atomic mass is 16.6. The molecule has 0 saturated carbocycles. The Morgan fingerprint density at radius 3 is 2.46 bits per heavy atom. The maximum atomic E-state index is 12.0. The molecule has 0 fully saturated rings. The predicted octanol–water partition coefficient (Wildman–Crippen LogP) is 2.12. The molecule has 0 spiro atoms. The van der Waals surface area contributed by atoms with E-state index < -0.39 is 24.3 Å². The summed E-state index contributed by atoms with van der Waals surface area (Å²) in [5.41, 5.74) is 0.827. The Balaban J connectivity index is 2.73. The number of carbonyl (C=O) groups is 2. The molecule has 24 heavy (non-hydrogen) atoms. The molecule has 0 aromatic heterocycles. The third-order valence-corrected chi connectivity index (χ3v) is 3.20. The van der Waals surface area contributed by atoms with Crippen molar-refractivity contribution in [1.82, 2.24) is 10.4 Å². The lowest BCUT2D eigenvalue weighted by molar-refractivity contribution is -0.191. The number of hydrogen-bond donors (Lipinski definition) is 3. The van der Waals surface area contributed by atoms with Crippen LogP contribution in [0.25, 0.3) is 0 Å². The van der Waals surface area contributed by atoms with Gasteiger partial charge in [-0.2, -0.15) is 0 Å². The van der Waals surface area contributed by atoms with Crippen LogP contribution in [0.4, 0.5) is 4.79 Å². The van der Waals surface area contributed by atoms with Crippen LogP contribution in [0.1, 0.15) is 26.3 Å². The fourth-order valence-corrected chi connectivity index (χ4v) is 2.00. The lowest BCUT2D eigenvalue weighted by Crippen LogP contribution is -2.54. The molecule has 0 radical (unpaired) electrons. The highest BCUT2D eigenvalue weighted by Gasteiger charge is 2.33. The molecule has 3 N–H and O–H groups in total. The van der Waals surface area contributed by atoms with Crippen molar-refractivity contribution in [2.24, 2.45) is 5.92 Å². The first-order chi connectivity index (χ1) is 11.3. The van der Waals surface area contributed by atoms with Crippen molar-refractivity contribution in [3.63, 3.8) is 0 Å². The summed E-state index contributed by atoms with van der Waals surface area (Å²) in [5.74, 6) is -0.848. The average Bonchev–Trinajstić information content (AvgIpc) is 2.55. The number of esters is 1. The molecule has 1 rings (SSSR count). The van der Waals surface area contributed by atoms with E-state index in [1.807, 2.05) is 30.3 Å². The zero-order valence-corrected chi connectivity index (χ0v) is 13.9. The van der Waals surface area contributed by atoms with E-state index in [0.717, 1.165) is 5.56 Å². The fourth-order valence-electron chi connectivity index (χ4n) is 2.00. The highest BCUT2D eigenvalue weighted by molar-refractivity contribution is 5.69. The molecular formula is C16H23N3O5. The quantitative estimate of drug-likeness (QED) is 0.220. The first-order valence-corrected chi connectivity index (χ1v) is 7.47. The molecule has 8 nitrogen and oxygen atoms in total.